The molecule has 0 aromatic heterocycles. The summed E-state index contributed by atoms with van der Waals surface area (Å²) in [7, 11) is 0. The van der Waals surface area contributed by atoms with Crippen molar-refractivity contribution in [1.82, 2.24) is 0 Å². The van der Waals surface area contributed by atoms with Gasteiger partial charge in [-0.15, -0.1) is 22.2 Å². The molecule has 0 spiro atoms. The zero-order valence-electron chi connectivity index (χ0n) is 7.28. The fraction of sp³-hybridized carbons (Fsp3) is 0.571. The van der Waals surface area contributed by atoms with Gasteiger partial charge in [0, 0.05) is 0 Å². The molecule has 0 radical (unpaired) electrons. The predicted octanol–water partition coefficient (Wildman–Crippen LogP) is 3.22. The van der Waals surface area contributed by atoms with E-state index < -0.39 is 12.7 Å². The second kappa shape index (κ2) is 5.91. The number of hydrogen-bond acceptors (Lipinski definition) is 2. The van der Waals surface area contributed by atoms with E-state index in [2.05, 4.69) is 6.58 Å². The summed E-state index contributed by atoms with van der Waals surface area (Å²) >= 11 is 16.9. The summed E-state index contributed by atoms with van der Waals surface area (Å²) in [5, 5.41) is -0.114. The highest BCUT2D eigenvalue weighted by atomic mass is 35.7. The van der Waals surface area contributed by atoms with Crippen LogP contribution in [0.1, 0.15) is 6.42 Å². The molecular formula is C7H11Cl3O2Si. The lowest BCUT2D eigenvalue weighted by Gasteiger charge is -2.09. The molecule has 0 unspecified atom stereocenters. The van der Waals surface area contributed by atoms with Crippen LogP contribution in [-0.4, -0.2) is 19.3 Å². The van der Waals surface area contributed by atoms with Crippen LogP contribution in [0.4, 0.5) is 0 Å². The van der Waals surface area contributed by atoms with Crippen molar-refractivity contribution in [3.05, 3.63) is 11.6 Å². The molecule has 13 heavy (non-hydrogen) atoms. The van der Waals surface area contributed by atoms with E-state index in [1.165, 1.54) is 0 Å². The monoisotopic (exact) mass is 260 g/mol. The Morgan fingerprint density at radius 2 is 2.08 bits per heavy atom. The van der Waals surface area contributed by atoms with Gasteiger partial charge >= 0.3 is 5.97 Å². The van der Waals surface area contributed by atoms with Crippen molar-refractivity contribution < 1.29 is 9.53 Å². The normalized spacial score (nSPS) is 11.1. The summed E-state index contributed by atoms with van der Waals surface area (Å²) in [6.45, 7) is 3.27. The number of ether oxygens (including phenoxy) is 1. The molecule has 76 valence electrons. The highest BCUT2D eigenvalue weighted by Gasteiger charge is 2.20. The Balaban J connectivity index is 3.47. The number of rotatable bonds is 5. The zero-order chi connectivity index (χ0) is 10.5. The van der Waals surface area contributed by atoms with Crippen molar-refractivity contribution in [3.8, 4) is 0 Å². The fourth-order valence-electron chi connectivity index (χ4n) is 0.626. The number of carbonyl (C=O) groups is 1. The molecule has 0 saturated heterocycles. The first kappa shape index (κ1) is 13.3. The highest BCUT2D eigenvalue weighted by Crippen LogP contribution is 2.21. The standard InChI is InChI=1S/C7H11Cl3O2Si/c1-6(8)7(11)12-4-3-5-13(2,9)10/h1,3-5H2,2H3. The molecule has 0 fully saturated rings. The highest BCUT2D eigenvalue weighted by molar-refractivity contribution is 7.44. The van der Waals surface area contributed by atoms with Crippen LogP contribution >= 0.6 is 33.8 Å². The van der Waals surface area contributed by atoms with E-state index in [1.807, 2.05) is 6.55 Å². The van der Waals surface area contributed by atoms with Crippen LogP contribution in [0.2, 0.25) is 12.6 Å². The quantitative estimate of drug-likeness (QED) is 0.250. The Hall–Kier alpha value is 0.297. The Morgan fingerprint density at radius 3 is 2.46 bits per heavy atom. The minimum absolute atomic E-state index is 0.114. The summed E-state index contributed by atoms with van der Waals surface area (Å²) < 4.78 is 4.73. The summed E-state index contributed by atoms with van der Waals surface area (Å²) in [4.78, 5) is 10.8. The average molecular weight is 262 g/mol. The molecule has 0 aromatic rings. The van der Waals surface area contributed by atoms with Crippen molar-refractivity contribution in [3.63, 3.8) is 0 Å². The molecule has 2 nitrogen and oxygen atoms in total. The van der Waals surface area contributed by atoms with Crippen molar-refractivity contribution in [2.75, 3.05) is 6.61 Å². The number of carbonyl (C=O) groups excluding carboxylic acids is 1. The third-order valence-corrected chi connectivity index (χ3v) is 3.73. The average Bonchev–Trinajstić information content (AvgIpc) is 1.95. The number of esters is 1. The molecule has 0 amide bonds. The molecular weight excluding hydrogens is 251 g/mol. The smallest absolute Gasteiger partial charge is 0.349 e. The van der Waals surface area contributed by atoms with Crippen molar-refractivity contribution >= 4 is 46.4 Å². The number of hydrogen-bond donors (Lipinski definition) is 0. The first-order valence-corrected chi connectivity index (χ1v) is 8.83. The SMILES string of the molecule is C=C(Cl)C(=O)OCCC[Si](C)(Cl)Cl. The Labute approximate surface area is 93.2 Å². The van der Waals surface area contributed by atoms with Crippen LogP contribution in [-0.2, 0) is 9.53 Å². The summed E-state index contributed by atoms with van der Waals surface area (Å²) in [6, 6.07) is 0.693. The minimum atomic E-state index is -2.06. The van der Waals surface area contributed by atoms with Gasteiger partial charge in [-0.2, -0.15) is 0 Å². The third kappa shape index (κ3) is 8.62. The van der Waals surface area contributed by atoms with Crippen LogP contribution < -0.4 is 0 Å². The summed E-state index contributed by atoms with van der Waals surface area (Å²) in [5.74, 6) is -0.589. The zero-order valence-corrected chi connectivity index (χ0v) is 10.5. The molecule has 0 aromatic carbocycles. The van der Waals surface area contributed by atoms with E-state index >= 15 is 0 Å². The van der Waals surface area contributed by atoms with Gasteiger partial charge < -0.3 is 4.74 Å². The molecule has 0 heterocycles. The van der Waals surface area contributed by atoms with Crippen LogP contribution in [0.15, 0.2) is 11.6 Å². The van der Waals surface area contributed by atoms with E-state index in [0.717, 1.165) is 0 Å². The van der Waals surface area contributed by atoms with Gasteiger partial charge in [0.15, 0.2) is 0 Å². The van der Waals surface area contributed by atoms with E-state index in [0.29, 0.717) is 12.5 Å². The molecule has 0 bridgehead atoms. The molecule has 0 N–H and O–H groups in total. The Morgan fingerprint density at radius 1 is 1.54 bits per heavy atom. The van der Waals surface area contributed by atoms with Crippen LogP contribution in [0, 0.1) is 0 Å². The van der Waals surface area contributed by atoms with Crippen molar-refractivity contribution in [1.29, 1.82) is 0 Å². The van der Waals surface area contributed by atoms with Gasteiger partial charge in [0.25, 0.3) is 0 Å². The van der Waals surface area contributed by atoms with Crippen LogP contribution in [0.3, 0.4) is 0 Å². The predicted molar refractivity (Wildman–Crippen MR) is 58.7 cm³/mol. The van der Waals surface area contributed by atoms with Gasteiger partial charge in [0.05, 0.1) is 6.61 Å². The van der Waals surface area contributed by atoms with E-state index in [1.54, 1.807) is 0 Å². The molecule has 0 atom stereocenters. The maximum Gasteiger partial charge on any atom is 0.349 e. The van der Waals surface area contributed by atoms with E-state index in [-0.39, 0.29) is 11.6 Å². The molecule has 0 rings (SSSR count). The Bertz CT molecular complexity index is 200. The van der Waals surface area contributed by atoms with Crippen molar-refractivity contribution in [2.45, 2.75) is 19.0 Å². The first-order chi connectivity index (χ1) is 5.83. The summed E-state index contributed by atoms with van der Waals surface area (Å²) in [5.41, 5.74) is 0. The Kier molecular flexibility index (Phi) is 6.04. The second-order valence-corrected chi connectivity index (χ2v) is 11.4. The maximum absolute atomic E-state index is 10.8. The molecule has 0 saturated carbocycles. The van der Waals surface area contributed by atoms with Gasteiger partial charge in [0.1, 0.15) is 5.03 Å². The second-order valence-electron chi connectivity index (χ2n) is 2.71. The van der Waals surface area contributed by atoms with Gasteiger partial charge in [-0.25, -0.2) is 4.79 Å². The van der Waals surface area contributed by atoms with E-state index in [4.69, 9.17) is 38.5 Å². The topological polar surface area (TPSA) is 26.3 Å². The van der Waals surface area contributed by atoms with E-state index in [9.17, 15) is 4.79 Å². The van der Waals surface area contributed by atoms with Gasteiger partial charge in [-0.05, 0) is 19.0 Å². The summed E-state index contributed by atoms with van der Waals surface area (Å²) in [6.07, 6.45) is 0.658. The van der Waals surface area contributed by atoms with Gasteiger partial charge in [0.2, 0.25) is 6.69 Å². The fourth-order valence-corrected chi connectivity index (χ4v) is 2.25. The maximum atomic E-state index is 10.8. The lowest BCUT2D eigenvalue weighted by atomic mass is 10.5. The third-order valence-electron chi connectivity index (χ3n) is 1.21. The lowest BCUT2D eigenvalue weighted by molar-refractivity contribution is -0.138. The van der Waals surface area contributed by atoms with Gasteiger partial charge in [-0.1, -0.05) is 18.2 Å². The lowest BCUT2D eigenvalue weighted by Crippen LogP contribution is -2.14. The molecule has 6 heteroatoms. The molecule has 0 aliphatic carbocycles. The molecule has 0 aliphatic rings. The van der Waals surface area contributed by atoms with Crippen LogP contribution in [0.5, 0.6) is 0 Å². The number of halogens is 3. The molecule has 0 aliphatic heterocycles. The van der Waals surface area contributed by atoms with Gasteiger partial charge in [-0.3, -0.25) is 0 Å². The van der Waals surface area contributed by atoms with Crippen molar-refractivity contribution in [2.24, 2.45) is 0 Å². The first-order valence-electron chi connectivity index (χ1n) is 3.72. The van der Waals surface area contributed by atoms with Crippen LogP contribution in [0.25, 0.3) is 0 Å². The largest absolute Gasteiger partial charge is 0.461 e. The minimum Gasteiger partial charge on any atom is -0.461 e.